The van der Waals surface area contributed by atoms with Crippen LogP contribution in [-0.4, -0.2) is 66.7 Å². The quantitative estimate of drug-likeness (QED) is 0.531. The van der Waals surface area contributed by atoms with Crippen LogP contribution in [0.4, 0.5) is 5.69 Å². The molecule has 1 aliphatic carbocycles. The van der Waals surface area contributed by atoms with Crippen LogP contribution >= 0.6 is 11.3 Å². The molecule has 34 heavy (non-hydrogen) atoms. The van der Waals surface area contributed by atoms with E-state index in [1.54, 1.807) is 11.3 Å². The van der Waals surface area contributed by atoms with Crippen molar-refractivity contribution in [3.8, 4) is 0 Å². The third-order valence-corrected chi connectivity index (χ3v) is 8.30. The van der Waals surface area contributed by atoms with Crippen molar-refractivity contribution in [1.29, 1.82) is 0 Å². The molecule has 2 aromatic carbocycles. The van der Waals surface area contributed by atoms with Crippen molar-refractivity contribution in [1.82, 2.24) is 10.3 Å². The summed E-state index contributed by atoms with van der Waals surface area (Å²) in [7, 11) is 4.55. The van der Waals surface area contributed by atoms with Gasteiger partial charge in [0.05, 0.1) is 68.9 Å². The van der Waals surface area contributed by atoms with E-state index >= 15 is 0 Å². The number of quaternary nitrogens is 1. The number of hydrogen-bond donors (Lipinski definition) is 2. The molecule has 1 fully saturated rings. The van der Waals surface area contributed by atoms with Gasteiger partial charge in [0.15, 0.2) is 0 Å². The van der Waals surface area contributed by atoms with E-state index in [0.29, 0.717) is 19.4 Å². The van der Waals surface area contributed by atoms with Crippen LogP contribution in [0.25, 0.3) is 10.2 Å². The van der Waals surface area contributed by atoms with Crippen molar-refractivity contribution in [3.63, 3.8) is 0 Å². The van der Waals surface area contributed by atoms with Gasteiger partial charge in [0, 0.05) is 5.69 Å². The van der Waals surface area contributed by atoms with Gasteiger partial charge >= 0.3 is 5.97 Å². The molecule has 8 heteroatoms. The Bertz CT molecular complexity index is 1220. The number of carboxylic acids is 1. The minimum Gasteiger partial charge on any atom is -0.481 e. The molecule has 1 saturated heterocycles. The number of rotatable bonds is 6. The van der Waals surface area contributed by atoms with Crippen molar-refractivity contribution >= 4 is 39.1 Å². The maximum absolute atomic E-state index is 13.3. The van der Waals surface area contributed by atoms with Gasteiger partial charge in [-0.15, -0.1) is 11.3 Å². The molecule has 0 atom stereocenters. The summed E-state index contributed by atoms with van der Waals surface area (Å²) in [5.74, 6) is -1.16. The molecule has 3 aromatic rings. The van der Waals surface area contributed by atoms with E-state index in [1.807, 2.05) is 24.3 Å². The van der Waals surface area contributed by atoms with Gasteiger partial charge in [0.2, 0.25) is 5.91 Å². The van der Waals surface area contributed by atoms with Crippen LogP contribution in [-0.2, 0) is 29.0 Å². The summed E-state index contributed by atoms with van der Waals surface area (Å²) in [6.45, 7) is 4.63. The van der Waals surface area contributed by atoms with E-state index in [0.717, 1.165) is 57.0 Å². The Kier molecular flexibility index (Phi) is 5.81. The number of anilines is 1. The number of nitrogens with zero attached hydrogens (tertiary/aromatic N) is 3. The summed E-state index contributed by atoms with van der Waals surface area (Å²) < 4.78 is 2.16. The number of aliphatic carboxylic acids is 1. The molecule has 0 unspecified atom stereocenters. The molecule has 2 heterocycles. The molecule has 178 valence electrons. The first kappa shape index (κ1) is 22.8. The van der Waals surface area contributed by atoms with Crippen molar-refractivity contribution in [3.05, 3.63) is 58.6 Å². The van der Waals surface area contributed by atoms with Crippen molar-refractivity contribution in [2.75, 3.05) is 45.2 Å². The fourth-order valence-electron chi connectivity index (χ4n) is 5.19. The average Bonchev–Trinajstić information content (AvgIpc) is 3.37. The molecule has 1 aromatic heterocycles. The third-order valence-electron chi connectivity index (χ3n) is 7.28. The zero-order valence-electron chi connectivity index (χ0n) is 19.7. The summed E-state index contributed by atoms with van der Waals surface area (Å²) in [5.41, 5.74) is 3.33. The summed E-state index contributed by atoms with van der Waals surface area (Å²) in [6.07, 6.45) is 0.730. The Morgan fingerprint density at radius 3 is 2.44 bits per heavy atom. The van der Waals surface area contributed by atoms with Gasteiger partial charge in [-0.25, -0.2) is 4.98 Å². The molecule has 0 spiro atoms. The van der Waals surface area contributed by atoms with Crippen LogP contribution in [0.15, 0.2) is 42.5 Å². The molecule has 0 saturated carbocycles. The Morgan fingerprint density at radius 1 is 1.12 bits per heavy atom. The molecule has 2 N–H and O–H groups in total. The second-order valence-electron chi connectivity index (χ2n) is 10.3. The van der Waals surface area contributed by atoms with Crippen LogP contribution < -0.4 is 10.2 Å². The Hall–Kier alpha value is -2.97. The van der Waals surface area contributed by atoms with Gasteiger partial charge in [-0.3, -0.25) is 9.59 Å². The minimum atomic E-state index is -0.949. The second kappa shape index (κ2) is 8.67. The Labute approximate surface area is 203 Å². The topological polar surface area (TPSA) is 82.5 Å². The van der Waals surface area contributed by atoms with E-state index in [1.165, 1.54) is 5.69 Å². The Morgan fingerprint density at radius 2 is 1.79 bits per heavy atom. The molecule has 0 radical (unpaired) electrons. The molecule has 0 bridgehead atoms. The highest BCUT2D eigenvalue weighted by molar-refractivity contribution is 7.18. The van der Waals surface area contributed by atoms with E-state index in [9.17, 15) is 14.7 Å². The van der Waals surface area contributed by atoms with Crippen LogP contribution in [0.2, 0.25) is 0 Å². The predicted octanol–water partition coefficient (Wildman–Crippen LogP) is 3.07. The number of nitrogens with one attached hydrogen (secondary N) is 1. The van der Waals surface area contributed by atoms with Gasteiger partial charge in [0.25, 0.3) is 0 Å². The molecular formula is C26H31N4O3S+. The lowest BCUT2D eigenvalue weighted by Gasteiger charge is -2.40. The first-order valence-electron chi connectivity index (χ1n) is 11.8. The standard InChI is InChI=1S/C26H30N4O3S/c1-30(2)11-9-29(10-12-30)20-7-8-21-22(13-20)34-23(28-21)17-27-25(33)26(16-24(31)32)14-18-5-3-4-6-19(18)15-26/h3-8,13H,9-12,14-17H2,1-2H3,(H-,27,31,32,33)/p+1. The number of piperazine rings is 1. The fraction of sp³-hybridized carbons (Fsp3) is 0.423. The molecule has 2 aliphatic rings. The summed E-state index contributed by atoms with van der Waals surface area (Å²) in [5, 5.41) is 13.3. The average molecular weight is 480 g/mol. The number of carbonyl (C=O) groups excluding carboxylic acids is 1. The summed E-state index contributed by atoms with van der Waals surface area (Å²) in [6, 6.07) is 14.2. The highest BCUT2D eigenvalue weighted by Crippen LogP contribution is 2.40. The van der Waals surface area contributed by atoms with Crippen LogP contribution in [0.3, 0.4) is 0 Å². The number of fused-ring (bicyclic) bond motifs is 2. The number of carboxylic acid groups (broad SMARTS) is 1. The van der Waals surface area contributed by atoms with Gasteiger partial charge in [-0.1, -0.05) is 24.3 Å². The second-order valence-corrected chi connectivity index (χ2v) is 11.4. The SMILES string of the molecule is C[N+]1(C)CCN(c2ccc3nc(CNC(=O)C4(CC(=O)O)Cc5ccccc5C4)sc3c2)CC1. The summed E-state index contributed by atoms with van der Waals surface area (Å²) in [4.78, 5) is 32.0. The van der Waals surface area contributed by atoms with Crippen molar-refractivity contribution < 1.29 is 19.2 Å². The number of benzene rings is 2. The van der Waals surface area contributed by atoms with E-state index < -0.39 is 11.4 Å². The van der Waals surface area contributed by atoms with E-state index in [2.05, 4.69) is 42.5 Å². The normalized spacial score (nSPS) is 18.6. The Balaban J connectivity index is 1.28. The van der Waals surface area contributed by atoms with Crippen LogP contribution in [0, 0.1) is 5.41 Å². The molecule has 1 amide bonds. The first-order chi connectivity index (χ1) is 16.2. The lowest BCUT2D eigenvalue weighted by atomic mass is 9.80. The molecular weight excluding hydrogens is 448 g/mol. The van der Waals surface area contributed by atoms with Crippen molar-refractivity contribution in [2.45, 2.75) is 25.8 Å². The number of amides is 1. The monoisotopic (exact) mass is 479 g/mol. The van der Waals surface area contributed by atoms with E-state index in [-0.39, 0.29) is 12.3 Å². The number of carbonyl (C=O) groups is 2. The maximum atomic E-state index is 13.3. The zero-order valence-corrected chi connectivity index (χ0v) is 20.5. The largest absolute Gasteiger partial charge is 0.481 e. The first-order valence-corrected chi connectivity index (χ1v) is 12.6. The van der Waals surface area contributed by atoms with Gasteiger partial charge in [0.1, 0.15) is 5.01 Å². The van der Waals surface area contributed by atoms with Gasteiger partial charge in [-0.2, -0.15) is 0 Å². The zero-order chi connectivity index (χ0) is 23.9. The lowest BCUT2D eigenvalue weighted by molar-refractivity contribution is -0.890. The number of hydrogen-bond acceptors (Lipinski definition) is 5. The number of likely N-dealkylation sites (N-methyl/N-ethyl adjacent to an activating group) is 1. The minimum absolute atomic E-state index is 0.178. The molecule has 1 aliphatic heterocycles. The smallest absolute Gasteiger partial charge is 0.304 e. The highest BCUT2D eigenvalue weighted by atomic mass is 32.1. The van der Waals surface area contributed by atoms with Gasteiger partial charge < -0.3 is 19.8 Å². The number of aromatic nitrogens is 1. The highest BCUT2D eigenvalue weighted by Gasteiger charge is 2.45. The fourth-order valence-corrected chi connectivity index (χ4v) is 6.13. The number of thiazole rings is 1. The van der Waals surface area contributed by atoms with Crippen LogP contribution in [0.1, 0.15) is 22.6 Å². The summed E-state index contributed by atoms with van der Waals surface area (Å²) >= 11 is 1.59. The maximum Gasteiger partial charge on any atom is 0.304 e. The molecule has 5 rings (SSSR count). The predicted molar refractivity (Wildman–Crippen MR) is 134 cm³/mol. The van der Waals surface area contributed by atoms with Crippen molar-refractivity contribution in [2.24, 2.45) is 5.41 Å². The van der Waals surface area contributed by atoms with Gasteiger partial charge in [-0.05, 0) is 42.2 Å². The lowest BCUT2D eigenvalue weighted by Crippen LogP contribution is -2.54. The molecule has 7 nitrogen and oxygen atoms in total. The third kappa shape index (κ3) is 4.52. The van der Waals surface area contributed by atoms with E-state index in [4.69, 9.17) is 4.98 Å². The van der Waals surface area contributed by atoms with Crippen LogP contribution in [0.5, 0.6) is 0 Å².